The number of hydrogen-bond acceptors (Lipinski definition) is 1. The molecule has 0 aromatic heterocycles. The smallest absolute Gasteiger partial charge is 0.0650 e. The van der Waals surface area contributed by atoms with E-state index < -0.39 is 0 Å². The predicted molar refractivity (Wildman–Crippen MR) is 65.9 cm³/mol. The monoisotopic (exact) mass is 212 g/mol. The molecule has 1 rings (SSSR count). The van der Waals surface area contributed by atoms with Gasteiger partial charge in [0.25, 0.3) is 0 Å². The Balaban J connectivity index is 2.47. The summed E-state index contributed by atoms with van der Waals surface area (Å²) in [7, 11) is 0. The third-order valence-corrected chi connectivity index (χ3v) is 4.36. The highest BCUT2D eigenvalue weighted by molar-refractivity contribution is 4.90. The van der Waals surface area contributed by atoms with Crippen LogP contribution in [0.3, 0.4) is 0 Å². The molecule has 0 saturated heterocycles. The second-order valence-electron chi connectivity index (χ2n) is 6.28. The standard InChI is InChI=1S/C14H28O/c1-5-12(6-2)11-14(15)9-7-13(3,4)8-10-14/h12,15H,5-11H2,1-4H3. The van der Waals surface area contributed by atoms with Gasteiger partial charge in [0, 0.05) is 0 Å². The molecule has 0 atom stereocenters. The third kappa shape index (κ3) is 3.79. The highest BCUT2D eigenvalue weighted by atomic mass is 16.3. The van der Waals surface area contributed by atoms with E-state index in [0.29, 0.717) is 5.41 Å². The van der Waals surface area contributed by atoms with Gasteiger partial charge < -0.3 is 5.11 Å². The SMILES string of the molecule is CCC(CC)CC1(O)CCC(C)(C)CC1. The minimum Gasteiger partial charge on any atom is -0.390 e. The molecule has 0 aromatic rings. The van der Waals surface area contributed by atoms with E-state index >= 15 is 0 Å². The van der Waals surface area contributed by atoms with Gasteiger partial charge in [0.1, 0.15) is 0 Å². The molecule has 0 radical (unpaired) electrons. The molecule has 0 amide bonds. The maximum Gasteiger partial charge on any atom is 0.0650 e. The van der Waals surface area contributed by atoms with Crippen LogP contribution in [0.25, 0.3) is 0 Å². The molecule has 0 aromatic carbocycles. The first-order valence-corrected chi connectivity index (χ1v) is 6.63. The molecule has 1 fully saturated rings. The lowest BCUT2D eigenvalue weighted by Crippen LogP contribution is -2.38. The molecule has 1 N–H and O–H groups in total. The van der Waals surface area contributed by atoms with Crippen molar-refractivity contribution < 1.29 is 5.11 Å². The minimum atomic E-state index is -0.341. The van der Waals surface area contributed by atoms with Gasteiger partial charge in [-0.25, -0.2) is 0 Å². The van der Waals surface area contributed by atoms with Gasteiger partial charge in [-0.1, -0.05) is 40.5 Å². The zero-order chi connectivity index (χ0) is 11.5. The summed E-state index contributed by atoms with van der Waals surface area (Å²) in [5.41, 5.74) is 0.117. The molecule has 1 nitrogen and oxygen atoms in total. The van der Waals surface area contributed by atoms with Crippen LogP contribution in [0.15, 0.2) is 0 Å². The highest BCUT2D eigenvalue weighted by Gasteiger charge is 2.37. The Morgan fingerprint density at radius 3 is 1.87 bits per heavy atom. The van der Waals surface area contributed by atoms with E-state index in [1.807, 2.05) is 0 Å². The molecule has 0 aliphatic heterocycles. The summed E-state index contributed by atoms with van der Waals surface area (Å²) in [6, 6.07) is 0. The van der Waals surface area contributed by atoms with Crippen LogP contribution < -0.4 is 0 Å². The number of rotatable bonds is 4. The lowest BCUT2D eigenvalue weighted by Gasteiger charge is -2.41. The number of hydrogen-bond donors (Lipinski definition) is 1. The molecule has 15 heavy (non-hydrogen) atoms. The van der Waals surface area contributed by atoms with Gasteiger partial charge in [0.15, 0.2) is 0 Å². The van der Waals surface area contributed by atoms with Gasteiger partial charge in [-0.15, -0.1) is 0 Å². The molecule has 90 valence electrons. The predicted octanol–water partition coefficient (Wildman–Crippen LogP) is 4.14. The van der Waals surface area contributed by atoms with Crippen LogP contribution >= 0.6 is 0 Å². The Bertz CT molecular complexity index is 182. The van der Waals surface area contributed by atoms with E-state index in [9.17, 15) is 5.11 Å². The Morgan fingerprint density at radius 1 is 1.00 bits per heavy atom. The molecule has 1 heteroatoms. The van der Waals surface area contributed by atoms with E-state index in [-0.39, 0.29) is 5.60 Å². The molecular weight excluding hydrogens is 184 g/mol. The molecule has 0 unspecified atom stereocenters. The van der Waals surface area contributed by atoms with Gasteiger partial charge in [-0.05, 0) is 43.4 Å². The molecule has 0 bridgehead atoms. The minimum absolute atomic E-state index is 0.341. The fraction of sp³-hybridized carbons (Fsp3) is 1.00. The average Bonchev–Trinajstić information content (AvgIpc) is 2.20. The fourth-order valence-corrected chi connectivity index (χ4v) is 2.71. The maximum atomic E-state index is 10.5. The summed E-state index contributed by atoms with van der Waals surface area (Å²) >= 11 is 0. The van der Waals surface area contributed by atoms with Crippen LogP contribution in [-0.2, 0) is 0 Å². The largest absolute Gasteiger partial charge is 0.390 e. The molecule has 0 spiro atoms. The zero-order valence-corrected chi connectivity index (χ0v) is 11.0. The first-order valence-electron chi connectivity index (χ1n) is 6.63. The van der Waals surface area contributed by atoms with E-state index in [1.165, 1.54) is 25.7 Å². The van der Waals surface area contributed by atoms with Gasteiger partial charge in [0.2, 0.25) is 0 Å². The second-order valence-corrected chi connectivity index (χ2v) is 6.28. The summed E-state index contributed by atoms with van der Waals surface area (Å²) < 4.78 is 0. The first kappa shape index (κ1) is 13.0. The summed E-state index contributed by atoms with van der Waals surface area (Å²) in [5, 5.41) is 10.5. The van der Waals surface area contributed by atoms with E-state index in [4.69, 9.17) is 0 Å². The van der Waals surface area contributed by atoms with E-state index in [0.717, 1.165) is 25.2 Å². The quantitative estimate of drug-likeness (QED) is 0.742. The summed E-state index contributed by atoms with van der Waals surface area (Å²) in [4.78, 5) is 0. The lowest BCUT2D eigenvalue weighted by atomic mass is 9.68. The van der Waals surface area contributed by atoms with Crippen LogP contribution in [0.4, 0.5) is 0 Å². The van der Waals surface area contributed by atoms with Gasteiger partial charge in [0.05, 0.1) is 5.60 Å². The Labute approximate surface area is 95.3 Å². The fourth-order valence-electron chi connectivity index (χ4n) is 2.71. The zero-order valence-electron chi connectivity index (χ0n) is 11.0. The van der Waals surface area contributed by atoms with Crippen molar-refractivity contribution in [2.24, 2.45) is 11.3 Å². The topological polar surface area (TPSA) is 20.2 Å². The van der Waals surface area contributed by atoms with Crippen molar-refractivity contribution >= 4 is 0 Å². The van der Waals surface area contributed by atoms with Crippen molar-refractivity contribution in [3.63, 3.8) is 0 Å². The van der Waals surface area contributed by atoms with Crippen molar-refractivity contribution in [3.05, 3.63) is 0 Å². The van der Waals surface area contributed by atoms with Gasteiger partial charge in [-0.2, -0.15) is 0 Å². The van der Waals surface area contributed by atoms with Crippen LogP contribution in [0.2, 0.25) is 0 Å². The Hall–Kier alpha value is -0.0400. The average molecular weight is 212 g/mol. The summed E-state index contributed by atoms with van der Waals surface area (Å²) in [6.07, 6.45) is 7.83. The molecule has 0 heterocycles. The molecule has 1 aliphatic carbocycles. The van der Waals surface area contributed by atoms with Crippen LogP contribution in [0.1, 0.15) is 72.6 Å². The van der Waals surface area contributed by atoms with Crippen molar-refractivity contribution in [3.8, 4) is 0 Å². The second kappa shape index (κ2) is 4.86. The van der Waals surface area contributed by atoms with Crippen molar-refractivity contribution in [1.82, 2.24) is 0 Å². The third-order valence-electron chi connectivity index (χ3n) is 4.36. The van der Waals surface area contributed by atoms with Crippen LogP contribution in [-0.4, -0.2) is 10.7 Å². The molecular formula is C14H28O. The number of aliphatic hydroxyl groups is 1. The van der Waals surface area contributed by atoms with Crippen LogP contribution in [0, 0.1) is 11.3 Å². The molecule has 1 saturated carbocycles. The summed E-state index contributed by atoms with van der Waals surface area (Å²) in [6.45, 7) is 9.13. The van der Waals surface area contributed by atoms with Crippen LogP contribution in [0.5, 0.6) is 0 Å². The van der Waals surface area contributed by atoms with E-state index in [2.05, 4.69) is 27.7 Å². The van der Waals surface area contributed by atoms with Gasteiger partial charge in [-0.3, -0.25) is 0 Å². The van der Waals surface area contributed by atoms with Crippen molar-refractivity contribution in [1.29, 1.82) is 0 Å². The van der Waals surface area contributed by atoms with Gasteiger partial charge >= 0.3 is 0 Å². The maximum absolute atomic E-state index is 10.5. The lowest BCUT2D eigenvalue weighted by molar-refractivity contribution is -0.0442. The Kier molecular flexibility index (Phi) is 4.22. The molecule has 1 aliphatic rings. The first-order chi connectivity index (χ1) is 6.91. The Morgan fingerprint density at radius 2 is 1.47 bits per heavy atom. The van der Waals surface area contributed by atoms with Crippen molar-refractivity contribution in [2.45, 2.75) is 78.2 Å². The summed E-state index contributed by atoms with van der Waals surface area (Å²) in [5.74, 6) is 0.719. The van der Waals surface area contributed by atoms with E-state index in [1.54, 1.807) is 0 Å². The van der Waals surface area contributed by atoms with Crippen molar-refractivity contribution in [2.75, 3.05) is 0 Å². The highest BCUT2D eigenvalue weighted by Crippen LogP contribution is 2.43. The normalized spacial score (nSPS) is 24.4.